The molecule has 0 radical (unpaired) electrons. The molecule has 0 saturated carbocycles. The summed E-state index contributed by atoms with van der Waals surface area (Å²) in [6, 6.07) is 0. The quantitative estimate of drug-likeness (QED) is 0.359. The van der Waals surface area contributed by atoms with Crippen LogP contribution in [0, 0.1) is 11.8 Å². The molecule has 13 heavy (non-hydrogen) atoms. The predicted molar refractivity (Wildman–Crippen MR) is 56.4 cm³/mol. The van der Waals surface area contributed by atoms with Crippen LogP contribution in [0.15, 0.2) is 12.2 Å². The highest BCUT2D eigenvalue weighted by Crippen LogP contribution is 2.00. The molecule has 72 valence electrons. The maximum Gasteiger partial charge on any atom is 0.153 e. The van der Waals surface area contributed by atoms with Crippen molar-refractivity contribution in [2.45, 2.75) is 46.0 Å². The van der Waals surface area contributed by atoms with Crippen LogP contribution in [0.25, 0.3) is 0 Å². The lowest BCUT2D eigenvalue weighted by atomic mass is 10.2. The number of rotatable bonds is 5. The SMILES string of the molecule is CCCCCCC#C/C=C/C(C)=O. The van der Waals surface area contributed by atoms with Crippen molar-refractivity contribution in [2.75, 3.05) is 0 Å². The fraction of sp³-hybridized carbons (Fsp3) is 0.583. The summed E-state index contributed by atoms with van der Waals surface area (Å²) >= 11 is 0. The van der Waals surface area contributed by atoms with Gasteiger partial charge in [-0.05, 0) is 25.5 Å². The average Bonchev–Trinajstić information content (AvgIpc) is 2.09. The van der Waals surface area contributed by atoms with E-state index >= 15 is 0 Å². The molecule has 1 nitrogen and oxygen atoms in total. The molecule has 0 aliphatic heterocycles. The zero-order chi connectivity index (χ0) is 9.94. The molecule has 0 amide bonds. The van der Waals surface area contributed by atoms with Gasteiger partial charge in [0.1, 0.15) is 0 Å². The molecule has 0 aromatic heterocycles. The molecule has 0 rings (SSSR count). The van der Waals surface area contributed by atoms with Crippen molar-refractivity contribution in [1.82, 2.24) is 0 Å². The highest BCUT2D eigenvalue weighted by molar-refractivity contribution is 5.87. The first-order valence-corrected chi connectivity index (χ1v) is 4.93. The standard InChI is InChI=1S/C12H18O/c1-3-4-5-6-7-8-9-10-11-12(2)13/h10-11H,3-7H2,1-2H3/b11-10+. The summed E-state index contributed by atoms with van der Waals surface area (Å²) in [5.74, 6) is 5.91. The van der Waals surface area contributed by atoms with E-state index in [0.29, 0.717) is 0 Å². The van der Waals surface area contributed by atoms with Gasteiger partial charge in [0.25, 0.3) is 0 Å². The highest BCUT2D eigenvalue weighted by Gasteiger charge is 1.83. The van der Waals surface area contributed by atoms with E-state index in [2.05, 4.69) is 18.8 Å². The van der Waals surface area contributed by atoms with Crippen LogP contribution in [0.3, 0.4) is 0 Å². The Bertz CT molecular complexity index is 215. The molecule has 1 heteroatoms. The van der Waals surface area contributed by atoms with Gasteiger partial charge < -0.3 is 0 Å². The van der Waals surface area contributed by atoms with Crippen molar-refractivity contribution in [3.8, 4) is 11.8 Å². The number of carbonyl (C=O) groups excluding carboxylic acids is 1. The third-order valence-electron chi connectivity index (χ3n) is 1.66. The summed E-state index contributed by atoms with van der Waals surface area (Å²) < 4.78 is 0. The summed E-state index contributed by atoms with van der Waals surface area (Å²) in [4.78, 5) is 10.5. The van der Waals surface area contributed by atoms with Gasteiger partial charge in [-0.1, -0.05) is 38.0 Å². The molecule has 0 aromatic carbocycles. The van der Waals surface area contributed by atoms with Gasteiger partial charge in [0.2, 0.25) is 0 Å². The number of hydrogen-bond acceptors (Lipinski definition) is 1. The lowest BCUT2D eigenvalue weighted by Crippen LogP contribution is -1.77. The van der Waals surface area contributed by atoms with E-state index < -0.39 is 0 Å². The maximum atomic E-state index is 10.5. The highest BCUT2D eigenvalue weighted by atomic mass is 16.1. The molecule has 0 N–H and O–H groups in total. The summed E-state index contributed by atoms with van der Waals surface area (Å²) in [6.45, 7) is 3.72. The summed E-state index contributed by atoms with van der Waals surface area (Å²) in [5, 5.41) is 0. The van der Waals surface area contributed by atoms with Crippen molar-refractivity contribution in [3.63, 3.8) is 0 Å². The third-order valence-corrected chi connectivity index (χ3v) is 1.66. The molecule has 0 aromatic rings. The lowest BCUT2D eigenvalue weighted by molar-refractivity contribution is -0.112. The van der Waals surface area contributed by atoms with Gasteiger partial charge >= 0.3 is 0 Å². The molecule has 0 bridgehead atoms. The molecule has 0 atom stereocenters. The minimum Gasteiger partial charge on any atom is -0.295 e. The van der Waals surface area contributed by atoms with Gasteiger partial charge in [-0.3, -0.25) is 4.79 Å². The Kier molecular flexibility index (Phi) is 8.34. The maximum absolute atomic E-state index is 10.5. The van der Waals surface area contributed by atoms with Crippen molar-refractivity contribution in [1.29, 1.82) is 0 Å². The summed E-state index contributed by atoms with van der Waals surface area (Å²) in [7, 11) is 0. The van der Waals surface area contributed by atoms with E-state index in [4.69, 9.17) is 0 Å². The van der Waals surface area contributed by atoms with Crippen LogP contribution >= 0.6 is 0 Å². The first kappa shape index (κ1) is 12.0. The Morgan fingerprint density at radius 3 is 2.69 bits per heavy atom. The van der Waals surface area contributed by atoms with Gasteiger partial charge in [-0.15, -0.1) is 0 Å². The van der Waals surface area contributed by atoms with Crippen molar-refractivity contribution >= 4 is 5.78 Å². The van der Waals surface area contributed by atoms with E-state index in [0.717, 1.165) is 6.42 Å². The van der Waals surface area contributed by atoms with Crippen LogP contribution in [0.2, 0.25) is 0 Å². The number of unbranched alkanes of at least 4 members (excludes halogenated alkanes) is 4. The number of hydrogen-bond donors (Lipinski definition) is 0. The number of ketones is 1. The molecule has 0 unspecified atom stereocenters. The molecule has 0 aliphatic carbocycles. The molecule has 0 spiro atoms. The van der Waals surface area contributed by atoms with E-state index in [9.17, 15) is 4.79 Å². The Morgan fingerprint density at radius 1 is 1.31 bits per heavy atom. The second-order valence-corrected chi connectivity index (χ2v) is 3.08. The minimum absolute atomic E-state index is 0.0558. The second-order valence-electron chi connectivity index (χ2n) is 3.08. The van der Waals surface area contributed by atoms with E-state index in [1.807, 2.05) is 0 Å². The second kappa shape index (κ2) is 9.06. The summed E-state index contributed by atoms with van der Waals surface area (Å²) in [5.41, 5.74) is 0. The number of allylic oxidation sites excluding steroid dienone is 2. The Morgan fingerprint density at radius 2 is 2.08 bits per heavy atom. The predicted octanol–water partition coefficient (Wildman–Crippen LogP) is 3.11. The van der Waals surface area contributed by atoms with Crippen LogP contribution in [0.1, 0.15) is 46.0 Å². The first-order chi connectivity index (χ1) is 6.27. The topological polar surface area (TPSA) is 17.1 Å². The first-order valence-electron chi connectivity index (χ1n) is 4.93. The summed E-state index contributed by atoms with van der Waals surface area (Å²) in [6.07, 6.45) is 9.07. The fourth-order valence-electron chi connectivity index (χ4n) is 0.930. The van der Waals surface area contributed by atoms with Crippen LogP contribution in [-0.2, 0) is 4.79 Å². The average molecular weight is 178 g/mol. The van der Waals surface area contributed by atoms with Crippen LogP contribution in [0.4, 0.5) is 0 Å². The van der Waals surface area contributed by atoms with Crippen LogP contribution in [0.5, 0.6) is 0 Å². The molecule has 0 fully saturated rings. The van der Waals surface area contributed by atoms with E-state index in [-0.39, 0.29) is 5.78 Å². The largest absolute Gasteiger partial charge is 0.295 e. The molecule has 0 aliphatic rings. The fourth-order valence-corrected chi connectivity index (χ4v) is 0.930. The van der Waals surface area contributed by atoms with Gasteiger partial charge in [-0.2, -0.15) is 0 Å². The molecular weight excluding hydrogens is 160 g/mol. The van der Waals surface area contributed by atoms with E-state index in [1.165, 1.54) is 38.7 Å². The lowest BCUT2D eigenvalue weighted by Gasteiger charge is -1.91. The minimum atomic E-state index is 0.0558. The Labute approximate surface area is 81.2 Å². The zero-order valence-electron chi connectivity index (χ0n) is 8.60. The molecule has 0 saturated heterocycles. The van der Waals surface area contributed by atoms with Crippen LogP contribution < -0.4 is 0 Å². The molecular formula is C12H18O. The van der Waals surface area contributed by atoms with Gasteiger partial charge in [0.15, 0.2) is 5.78 Å². The monoisotopic (exact) mass is 178 g/mol. The van der Waals surface area contributed by atoms with Gasteiger partial charge in [0.05, 0.1) is 0 Å². The van der Waals surface area contributed by atoms with Gasteiger partial charge in [-0.25, -0.2) is 0 Å². The number of carbonyl (C=O) groups is 1. The van der Waals surface area contributed by atoms with Crippen molar-refractivity contribution < 1.29 is 4.79 Å². The Hall–Kier alpha value is -1.03. The third kappa shape index (κ3) is 11.0. The van der Waals surface area contributed by atoms with Crippen LogP contribution in [-0.4, -0.2) is 5.78 Å². The Balaban J connectivity index is 3.35. The van der Waals surface area contributed by atoms with Crippen molar-refractivity contribution in [2.24, 2.45) is 0 Å². The van der Waals surface area contributed by atoms with E-state index in [1.54, 1.807) is 6.08 Å². The molecule has 0 heterocycles. The zero-order valence-corrected chi connectivity index (χ0v) is 8.60. The smallest absolute Gasteiger partial charge is 0.153 e. The normalized spacial score (nSPS) is 9.69. The van der Waals surface area contributed by atoms with Crippen molar-refractivity contribution in [3.05, 3.63) is 12.2 Å². The van der Waals surface area contributed by atoms with Gasteiger partial charge in [0, 0.05) is 6.42 Å².